The van der Waals surface area contributed by atoms with Crippen LogP contribution < -0.4 is 5.32 Å². The molecule has 1 saturated heterocycles. The number of rotatable bonds is 6. The van der Waals surface area contributed by atoms with Crippen LogP contribution in [0.1, 0.15) is 35.7 Å². The molecule has 0 unspecified atom stereocenters. The Bertz CT molecular complexity index is 771. The summed E-state index contributed by atoms with van der Waals surface area (Å²) in [7, 11) is 0. The molecule has 1 aliphatic rings. The Morgan fingerprint density at radius 3 is 2.69 bits per heavy atom. The lowest BCUT2D eigenvalue weighted by Gasteiger charge is -2.14. The standard InChI is InChI=1S/C20H23N3O2S/c1-2-15-6-5-7-17(12-15)22-18(24)14-26-19-9-8-16(13-21-19)20(25)23-10-3-4-11-23/h5-9,12-13H,2-4,10-11,14H2,1H3,(H,22,24). The van der Waals surface area contributed by atoms with E-state index < -0.39 is 0 Å². The second-order valence-electron chi connectivity index (χ2n) is 6.28. The first-order chi connectivity index (χ1) is 12.7. The maximum atomic E-state index is 12.3. The maximum Gasteiger partial charge on any atom is 0.255 e. The topological polar surface area (TPSA) is 62.3 Å². The van der Waals surface area contributed by atoms with Gasteiger partial charge < -0.3 is 10.2 Å². The molecule has 2 heterocycles. The number of likely N-dealkylation sites (tertiary alicyclic amines) is 1. The lowest BCUT2D eigenvalue weighted by molar-refractivity contribution is -0.113. The molecule has 26 heavy (non-hydrogen) atoms. The number of nitrogens with zero attached hydrogens (tertiary/aromatic N) is 2. The number of aryl methyl sites for hydroxylation is 1. The van der Waals surface area contributed by atoms with Gasteiger partial charge in [0.2, 0.25) is 5.91 Å². The molecule has 0 atom stereocenters. The average Bonchev–Trinajstić information content (AvgIpc) is 3.21. The van der Waals surface area contributed by atoms with E-state index in [0.29, 0.717) is 5.56 Å². The van der Waals surface area contributed by atoms with Gasteiger partial charge >= 0.3 is 0 Å². The van der Waals surface area contributed by atoms with Crippen molar-refractivity contribution < 1.29 is 9.59 Å². The lowest BCUT2D eigenvalue weighted by Crippen LogP contribution is -2.27. The highest BCUT2D eigenvalue weighted by Crippen LogP contribution is 2.18. The zero-order valence-corrected chi connectivity index (χ0v) is 15.7. The van der Waals surface area contributed by atoms with Crippen molar-refractivity contribution in [2.24, 2.45) is 0 Å². The quantitative estimate of drug-likeness (QED) is 0.790. The van der Waals surface area contributed by atoms with Crippen LogP contribution >= 0.6 is 11.8 Å². The summed E-state index contributed by atoms with van der Waals surface area (Å²) in [5, 5.41) is 3.64. The normalized spacial score (nSPS) is 13.7. The molecule has 0 aliphatic carbocycles. The number of amides is 2. The first kappa shape index (κ1) is 18.5. The number of nitrogens with one attached hydrogen (secondary N) is 1. The van der Waals surface area contributed by atoms with E-state index in [1.807, 2.05) is 29.2 Å². The van der Waals surface area contributed by atoms with Gasteiger partial charge in [0.15, 0.2) is 0 Å². The Morgan fingerprint density at radius 2 is 2.00 bits per heavy atom. The summed E-state index contributed by atoms with van der Waals surface area (Å²) in [6, 6.07) is 11.5. The Kier molecular flexibility index (Phi) is 6.28. The highest BCUT2D eigenvalue weighted by Gasteiger charge is 2.19. The number of carbonyl (C=O) groups excluding carboxylic acids is 2. The van der Waals surface area contributed by atoms with Crippen molar-refractivity contribution in [3.05, 3.63) is 53.7 Å². The number of pyridine rings is 1. The van der Waals surface area contributed by atoms with Gasteiger partial charge in [-0.25, -0.2) is 4.98 Å². The van der Waals surface area contributed by atoms with Crippen LogP contribution in [0.4, 0.5) is 5.69 Å². The van der Waals surface area contributed by atoms with Crippen molar-refractivity contribution in [3.8, 4) is 0 Å². The largest absolute Gasteiger partial charge is 0.339 e. The van der Waals surface area contributed by atoms with Gasteiger partial charge in [-0.1, -0.05) is 30.8 Å². The van der Waals surface area contributed by atoms with Crippen LogP contribution in [-0.4, -0.2) is 40.5 Å². The highest BCUT2D eigenvalue weighted by molar-refractivity contribution is 7.99. The molecule has 0 saturated carbocycles. The second-order valence-corrected chi connectivity index (χ2v) is 7.27. The van der Waals surface area contributed by atoms with E-state index in [0.717, 1.165) is 43.1 Å². The predicted octanol–water partition coefficient (Wildman–Crippen LogP) is 3.61. The minimum Gasteiger partial charge on any atom is -0.339 e. The SMILES string of the molecule is CCc1cccc(NC(=O)CSc2ccc(C(=O)N3CCCC3)cn2)c1. The van der Waals surface area contributed by atoms with Crippen molar-refractivity contribution >= 4 is 29.3 Å². The van der Waals surface area contributed by atoms with Crippen LogP contribution in [-0.2, 0) is 11.2 Å². The molecule has 1 fully saturated rings. The van der Waals surface area contributed by atoms with Gasteiger partial charge in [-0.15, -0.1) is 0 Å². The molecule has 1 aliphatic heterocycles. The smallest absolute Gasteiger partial charge is 0.255 e. The molecular weight excluding hydrogens is 346 g/mol. The van der Waals surface area contributed by atoms with E-state index >= 15 is 0 Å². The summed E-state index contributed by atoms with van der Waals surface area (Å²) >= 11 is 1.36. The van der Waals surface area contributed by atoms with Gasteiger partial charge in [0, 0.05) is 25.0 Å². The molecule has 0 spiro atoms. The highest BCUT2D eigenvalue weighted by atomic mass is 32.2. The third-order valence-corrected chi connectivity index (χ3v) is 5.29. The van der Waals surface area contributed by atoms with E-state index in [1.54, 1.807) is 18.3 Å². The van der Waals surface area contributed by atoms with Crippen LogP contribution in [0.5, 0.6) is 0 Å². The number of hydrogen-bond acceptors (Lipinski definition) is 4. The average molecular weight is 369 g/mol. The number of benzene rings is 1. The number of carbonyl (C=O) groups is 2. The molecule has 2 amide bonds. The van der Waals surface area contributed by atoms with Crippen LogP contribution in [0.3, 0.4) is 0 Å². The van der Waals surface area contributed by atoms with Crippen LogP contribution in [0.15, 0.2) is 47.6 Å². The second kappa shape index (κ2) is 8.85. The molecular formula is C20H23N3O2S. The Morgan fingerprint density at radius 1 is 1.19 bits per heavy atom. The first-order valence-electron chi connectivity index (χ1n) is 8.92. The summed E-state index contributed by atoms with van der Waals surface area (Å²) < 4.78 is 0. The van der Waals surface area contributed by atoms with Crippen molar-refractivity contribution in [1.29, 1.82) is 0 Å². The molecule has 5 nitrogen and oxygen atoms in total. The minimum absolute atomic E-state index is 0.0418. The summed E-state index contributed by atoms with van der Waals surface area (Å²) in [5.41, 5.74) is 2.61. The van der Waals surface area contributed by atoms with Gasteiger partial charge in [-0.2, -0.15) is 0 Å². The fourth-order valence-corrected chi connectivity index (χ4v) is 3.54. The van der Waals surface area contributed by atoms with Crippen LogP contribution in [0, 0.1) is 0 Å². The van der Waals surface area contributed by atoms with E-state index in [1.165, 1.54) is 17.3 Å². The number of thioether (sulfide) groups is 1. The third kappa shape index (κ3) is 4.85. The summed E-state index contributed by atoms with van der Waals surface area (Å²) in [6.45, 7) is 3.74. The number of aromatic nitrogens is 1. The van der Waals surface area contributed by atoms with Gasteiger partial charge in [0.25, 0.3) is 5.91 Å². The van der Waals surface area contributed by atoms with Gasteiger partial charge in [0.05, 0.1) is 16.3 Å². The number of hydrogen-bond donors (Lipinski definition) is 1. The first-order valence-corrected chi connectivity index (χ1v) is 9.91. The van der Waals surface area contributed by atoms with Crippen molar-refractivity contribution in [2.75, 3.05) is 24.2 Å². The summed E-state index contributed by atoms with van der Waals surface area (Å²) in [6.07, 6.45) is 4.68. The van der Waals surface area contributed by atoms with E-state index in [-0.39, 0.29) is 17.6 Å². The molecule has 136 valence electrons. The predicted molar refractivity (Wildman–Crippen MR) is 105 cm³/mol. The Hall–Kier alpha value is -2.34. The fourth-order valence-electron chi connectivity index (χ4n) is 2.90. The number of anilines is 1. The molecule has 1 N–H and O–H groups in total. The molecule has 1 aromatic carbocycles. The Labute approximate surface area is 158 Å². The lowest BCUT2D eigenvalue weighted by atomic mass is 10.1. The monoisotopic (exact) mass is 369 g/mol. The zero-order valence-electron chi connectivity index (χ0n) is 14.9. The zero-order chi connectivity index (χ0) is 18.4. The van der Waals surface area contributed by atoms with Gasteiger partial charge in [-0.05, 0) is 49.1 Å². The third-order valence-electron chi connectivity index (χ3n) is 4.35. The van der Waals surface area contributed by atoms with Crippen LogP contribution in [0.2, 0.25) is 0 Å². The van der Waals surface area contributed by atoms with Crippen molar-refractivity contribution in [2.45, 2.75) is 31.2 Å². The van der Waals surface area contributed by atoms with Gasteiger partial charge in [0.1, 0.15) is 0 Å². The summed E-state index contributed by atoms with van der Waals surface area (Å²) in [4.78, 5) is 30.6. The maximum absolute atomic E-state index is 12.3. The molecule has 0 bridgehead atoms. The molecule has 1 aromatic heterocycles. The van der Waals surface area contributed by atoms with Crippen molar-refractivity contribution in [3.63, 3.8) is 0 Å². The molecule has 0 radical (unpaired) electrons. The molecule has 3 rings (SSSR count). The Balaban J connectivity index is 1.51. The summed E-state index contributed by atoms with van der Waals surface area (Å²) in [5.74, 6) is 0.255. The molecule has 2 aromatic rings. The fraction of sp³-hybridized carbons (Fsp3) is 0.350. The van der Waals surface area contributed by atoms with Gasteiger partial charge in [-0.3, -0.25) is 9.59 Å². The molecule has 6 heteroatoms. The van der Waals surface area contributed by atoms with E-state index in [2.05, 4.69) is 17.2 Å². The van der Waals surface area contributed by atoms with E-state index in [4.69, 9.17) is 0 Å². The minimum atomic E-state index is -0.0673. The van der Waals surface area contributed by atoms with Crippen molar-refractivity contribution in [1.82, 2.24) is 9.88 Å². The van der Waals surface area contributed by atoms with Crippen LogP contribution in [0.25, 0.3) is 0 Å². The van der Waals surface area contributed by atoms with E-state index in [9.17, 15) is 9.59 Å².